The van der Waals surface area contributed by atoms with Crippen molar-refractivity contribution in [1.82, 2.24) is 5.32 Å². The first-order chi connectivity index (χ1) is 8.94. The highest BCUT2D eigenvalue weighted by atomic mass is 19.1. The molecule has 0 amide bonds. The van der Waals surface area contributed by atoms with E-state index in [1.807, 2.05) is 0 Å². The van der Waals surface area contributed by atoms with Crippen molar-refractivity contribution in [1.29, 1.82) is 0 Å². The number of nitrogens with one attached hydrogen (secondary N) is 1. The maximum absolute atomic E-state index is 13.0. The Balaban J connectivity index is 2.10. The minimum Gasteiger partial charge on any atom is -0.479 e. The largest absolute Gasteiger partial charge is 0.479 e. The summed E-state index contributed by atoms with van der Waals surface area (Å²) in [5, 5.41) is 20.7. The second kappa shape index (κ2) is 4.97. The zero-order valence-electron chi connectivity index (χ0n) is 10.1. The van der Waals surface area contributed by atoms with Crippen LogP contribution in [-0.4, -0.2) is 34.2 Å². The molecule has 1 saturated heterocycles. The third-order valence-corrected chi connectivity index (χ3v) is 3.43. The van der Waals surface area contributed by atoms with Gasteiger partial charge in [-0.2, -0.15) is 0 Å². The van der Waals surface area contributed by atoms with Gasteiger partial charge in [0, 0.05) is 0 Å². The Labute approximate surface area is 109 Å². The molecule has 0 saturated carbocycles. The van der Waals surface area contributed by atoms with Gasteiger partial charge in [0.1, 0.15) is 5.82 Å². The molecule has 0 spiro atoms. The predicted molar refractivity (Wildman–Crippen MR) is 64.2 cm³/mol. The van der Waals surface area contributed by atoms with E-state index in [-0.39, 0.29) is 24.7 Å². The van der Waals surface area contributed by atoms with Gasteiger partial charge in [-0.05, 0) is 43.0 Å². The van der Waals surface area contributed by atoms with Gasteiger partial charge in [-0.15, -0.1) is 0 Å². The predicted octanol–water partition coefficient (Wildman–Crippen LogP) is 0.886. The summed E-state index contributed by atoms with van der Waals surface area (Å²) in [5.74, 6) is -3.27. The van der Waals surface area contributed by atoms with Crippen LogP contribution in [0.2, 0.25) is 0 Å². The van der Waals surface area contributed by atoms with Crippen molar-refractivity contribution in [3.05, 3.63) is 35.6 Å². The minimum absolute atomic E-state index is 0.00577. The third-order valence-electron chi connectivity index (χ3n) is 3.43. The molecule has 6 heteroatoms. The van der Waals surface area contributed by atoms with E-state index in [4.69, 9.17) is 10.2 Å². The molecule has 0 aliphatic carbocycles. The Hall–Kier alpha value is -1.95. The van der Waals surface area contributed by atoms with E-state index in [0.717, 1.165) is 5.56 Å². The number of carboxylic acid groups (broad SMARTS) is 2. The fraction of sp³-hybridized carbons (Fsp3) is 0.385. The van der Waals surface area contributed by atoms with Crippen molar-refractivity contribution in [2.24, 2.45) is 5.92 Å². The van der Waals surface area contributed by atoms with Crippen molar-refractivity contribution in [3.63, 3.8) is 0 Å². The lowest BCUT2D eigenvalue weighted by Crippen LogP contribution is -2.54. The van der Waals surface area contributed by atoms with E-state index in [2.05, 4.69) is 5.32 Å². The fourth-order valence-electron chi connectivity index (χ4n) is 2.45. The molecule has 1 unspecified atom stereocenters. The van der Waals surface area contributed by atoms with Crippen LogP contribution in [0.4, 0.5) is 4.39 Å². The van der Waals surface area contributed by atoms with E-state index in [9.17, 15) is 14.0 Å². The zero-order chi connectivity index (χ0) is 14.0. The third kappa shape index (κ3) is 2.58. The van der Waals surface area contributed by atoms with Crippen LogP contribution in [0.5, 0.6) is 0 Å². The van der Waals surface area contributed by atoms with Crippen LogP contribution >= 0.6 is 0 Å². The minimum atomic E-state index is -1.92. The Bertz CT molecular complexity index is 503. The number of benzene rings is 1. The fourth-order valence-corrected chi connectivity index (χ4v) is 2.45. The quantitative estimate of drug-likeness (QED) is 0.705. The molecule has 1 aromatic rings. The highest BCUT2D eigenvalue weighted by Gasteiger charge is 2.51. The van der Waals surface area contributed by atoms with E-state index in [0.29, 0.717) is 6.42 Å². The number of carboxylic acids is 2. The van der Waals surface area contributed by atoms with Crippen molar-refractivity contribution in [3.8, 4) is 0 Å². The molecule has 1 atom stereocenters. The van der Waals surface area contributed by atoms with Crippen LogP contribution in [0, 0.1) is 11.7 Å². The second-order valence-electron chi connectivity index (χ2n) is 4.80. The van der Waals surface area contributed by atoms with Crippen molar-refractivity contribution in [2.45, 2.75) is 18.4 Å². The summed E-state index contributed by atoms with van der Waals surface area (Å²) in [4.78, 5) is 22.2. The van der Waals surface area contributed by atoms with Crippen LogP contribution < -0.4 is 5.32 Å². The Morgan fingerprint density at radius 1 is 1.37 bits per heavy atom. The average molecular weight is 267 g/mol. The Kier molecular flexibility index (Phi) is 3.53. The molecule has 1 fully saturated rings. The lowest BCUT2D eigenvalue weighted by molar-refractivity contribution is -0.158. The summed E-state index contributed by atoms with van der Waals surface area (Å²) in [7, 11) is 0. The van der Waals surface area contributed by atoms with Crippen molar-refractivity contribution < 1.29 is 24.2 Å². The second-order valence-corrected chi connectivity index (χ2v) is 4.80. The van der Waals surface area contributed by atoms with Gasteiger partial charge in [0.25, 0.3) is 0 Å². The van der Waals surface area contributed by atoms with Crippen LogP contribution in [0.15, 0.2) is 24.3 Å². The molecule has 1 heterocycles. The summed E-state index contributed by atoms with van der Waals surface area (Å²) in [5.41, 5.74) is -1.18. The monoisotopic (exact) mass is 267 g/mol. The van der Waals surface area contributed by atoms with Gasteiger partial charge >= 0.3 is 11.9 Å². The number of halogens is 1. The van der Waals surface area contributed by atoms with E-state index in [1.54, 1.807) is 12.1 Å². The topological polar surface area (TPSA) is 86.6 Å². The SMILES string of the molecule is O=C(O)C1(C(=O)O)CC(Cc2cccc(F)c2)CN1. The summed E-state index contributed by atoms with van der Waals surface area (Å²) in [6, 6.07) is 6.02. The normalized spacial score (nSPS) is 21.2. The van der Waals surface area contributed by atoms with Crippen LogP contribution in [-0.2, 0) is 16.0 Å². The summed E-state index contributed by atoms with van der Waals surface area (Å²) in [6.07, 6.45) is 0.446. The van der Waals surface area contributed by atoms with Gasteiger partial charge in [-0.25, -0.2) is 14.0 Å². The molecule has 5 nitrogen and oxygen atoms in total. The molecule has 0 bridgehead atoms. The first-order valence-corrected chi connectivity index (χ1v) is 5.90. The highest BCUT2D eigenvalue weighted by Crippen LogP contribution is 2.28. The molecule has 1 aliphatic rings. The van der Waals surface area contributed by atoms with Gasteiger partial charge in [0.2, 0.25) is 5.54 Å². The van der Waals surface area contributed by atoms with E-state index in [1.165, 1.54) is 12.1 Å². The maximum Gasteiger partial charge on any atom is 0.335 e. The first-order valence-electron chi connectivity index (χ1n) is 5.90. The average Bonchev–Trinajstić information content (AvgIpc) is 2.74. The molecule has 0 aromatic heterocycles. The highest BCUT2D eigenvalue weighted by molar-refractivity contribution is 6.03. The summed E-state index contributed by atoms with van der Waals surface area (Å²) < 4.78 is 13.0. The van der Waals surface area contributed by atoms with Gasteiger partial charge in [0.05, 0.1) is 0 Å². The number of hydrogen-bond donors (Lipinski definition) is 3. The summed E-state index contributed by atoms with van der Waals surface area (Å²) >= 11 is 0. The number of rotatable bonds is 4. The van der Waals surface area contributed by atoms with Crippen LogP contribution in [0.3, 0.4) is 0 Å². The lowest BCUT2D eigenvalue weighted by Gasteiger charge is -2.18. The molecule has 3 N–H and O–H groups in total. The standard InChI is InChI=1S/C13H14FNO4/c14-10-3-1-2-8(5-10)4-9-6-13(11(16)17,12(18)19)15-7-9/h1-3,5,9,15H,4,6-7H2,(H,16,17)(H,18,19). The van der Waals surface area contributed by atoms with Crippen LogP contribution in [0.25, 0.3) is 0 Å². The Morgan fingerprint density at radius 2 is 2.05 bits per heavy atom. The molecule has 2 rings (SSSR count). The molecule has 1 aromatic carbocycles. The van der Waals surface area contributed by atoms with Gasteiger partial charge < -0.3 is 10.2 Å². The van der Waals surface area contributed by atoms with Crippen molar-refractivity contribution in [2.75, 3.05) is 6.54 Å². The van der Waals surface area contributed by atoms with Gasteiger partial charge in [-0.3, -0.25) is 5.32 Å². The zero-order valence-corrected chi connectivity index (χ0v) is 10.1. The van der Waals surface area contributed by atoms with Gasteiger partial charge in [0.15, 0.2) is 0 Å². The molecule has 19 heavy (non-hydrogen) atoms. The number of hydrogen-bond acceptors (Lipinski definition) is 3. The van der Waals surface area contributed by atoms with Crippen molar-refractivity contribution >= 4 is 11.9 Å². The number of aliphatic carboxylic acids is 2. The molecule has 1 aliphatic heterocycles. The molecular weight excluding hydrogens is 253 g/mol. The molecule has 102 valence electrons. The maximum atomic E-state index is 13.0. The van der Waals surface area contributed by atoms with Gasteiger partial charge in [-0.1, -0.05) is 12.1 Å². The van der Waals surface area contributed by atoms with Crippen LogP contribution in [0.1, 0.15) is 12.0 Å². The first kappa shape index (κ1) is 13.5. The number of carbonyl (C=O) groups is 2. The van der Waals surface area contributed by atoms with E-state index >= 15 is 0 Å². The smallest absolute Gasteiger partial charge is 0.335 e. The Morgan fingerprint density at radius 3 is 2.58 bits per heavy atom. The van der Waals surface area contributed by atoms with E-state index < -0.39 is 17.5 Å². The summed E-state index contributed by atoms with van der Waals surface area (Å²) in [6.45, 7) is 0.287. The molecule has 0 radical (unpaired) electrons. The lowest BCUT2D eigenvalue weighted by atomic mass is 9.89. The molecular formula is C13H14FNO4.